The molecular weight excluding hydrogens is 418 g/mol. The molecule has 7 nitrogen and oxygen atoms in total. The summed E-state index contributed by atoms with van der Waals surface area (Å²) in [6.45, 7) is 2.70. The molecule has 5 rings (SSSR count). The molecule has 33 heavy (non-hydrogen) atoms. The smallest absolute Gasteiger partial charge is 0.254 e. The maximum atomic E-state index is 12.9. The molecule has 0 aliphatic carbocycles. The van der Waals surface area contributed by atoms with E-state index in [1.54, 1.807) is 26.1 Å². The van der Waals surface area contributed by atoms with Gasteiger partial charge in [0.2, 0.25) is 0 Å². The summed E-state index contributed by atoms with van der Waals surface area (Å²) < 4.78 is 17.6. The van der Waals surface area contributed by atoms with Crippen LogP contribution in [0.2, 0.25) is 0 Å². The van der Waals surface area contributed by atoms with Crippen LogP contribution in [0, 0.1) is 0 Å². The van der Waals surface area contributed by atoms with Gasteiger partial charge in [-0.15, -0.1) is 0 Å². The van der Waals surface area contributed by atoms with Gasteiger partial charge >= 0.3 is 0 Å². The maximum Gasteiger partial charge on any atom is 0.254 e. The largest absolute Gasteiger partial charge is 0.493 e. The number of furan rings is 1. The van der Waals surface area contributed by atoms with Crippen LogP contribution in [0.4, 0.5) is 0 Å². The lowest BCUT2D eigenvalue weighted by molar-refractivity contribution is -0.0364. The van der Waals surface area contributed by atoms with Crippen molar-refractivity contribution in [2.45, 2.75) is 12.6 Å². The second-order valence-electron chi connectivity index (χ2n) is 8.50. The Morgan fingerprint density at radius 1 is 1.18 bits per heavy atom. The summed E-state index contributed by atoms with van der Waals surface area (Å²) in [5.74, 6) is 1.57. The van der Waals surface area contributed by atoms with Gasteiger partial charge in [-0.1, -0.05) is 30.3 Å². The first kappa shape index (κ1) is 21.4. The van der Waals surface area contributed by atoms with Gasteiger partial charge in [-0.25, -0.2) is 4.98 Å². The molecule has 0 saturated carbocycles. The molecule has 2 aromatic heterocycles. The Labute approximate surface area is 192 Å². The Balaban J connectivity index is 1.41. The van der Waals surface area contributed by atoms with Crippen LogP contribution < -0.4 is 4.74 Å². The third kappa shape index (κ3) is 4.17. The van der Waals surface area contributed by atoms with Crippen LogP contribution in [-0.4, -0.2) is 61.6 Å². The molecule has 1 unspecified atom stereocenters. The standard InChI is InChI=1S/C26H27N3O4/c1-28(2)26(30)20-14-22(27-21-9-5-4-8-19(20)21)24-16-29(11-12-32-24)15-18-13-17-7-6-10-23(31-3)25(17)33-18/h4-10,13-14,24H,11-12,15-16H2,1-3H3. The Kier molecular flexibility index (Phi) is 5.74. The van der Waals surface area contributed by atoms with Crippen molar-refractivity contribution in [3.05, 3.63) is 71.6 Å². The van der Waals surface area contributed by atoms with Gasteiger partial charge in [0.25, 0.3) is 5.91 Å². The molecule has 0 bridgehead atoms. The number of morpholine rings is 1. The molecule has 1 saturated heterocycles. The highest BCUT2D eigenvalue weighted by atomic mass is 16.5. The van der Waals surface area contributed by atoms with Crippen LogP contribution in [0.5, 0.6) is 5.75 Å². The van der Waals surface area contributed by atoms with E-state index in [0.29, 0.717) is 25.3 Å². The van der Waals surface area contributed by atoms with Crippen LogP contribution in [0.25, 0.3) is 21.9 Å². The van der Waals surface area contributed by atoms with E-state index in [1.807, 2.05) is 48.5 Å². The number of benzene rings is 2. The van der Waals surface area contributed by atoms with Gasteiger partial charge in [0, 0.05) is 38.0 Å². The van der Waals surface area contributed by atoms with Gasteiger partial charge in [-0.05, 0) is 24.3 Å². The highest BCUT2D eigenvalue weighted by Gasteiger charge is 2.26. The molecule has 1 amide bonds. The summed E-state index contributed by atoms with van der Waals surface area (Å²) in [5.41, 5.74) is 2.98. The number of amides is 1. The SMILES string of the molecule is COc1cccc2cc(CN3CCOC(c4cc(C(=O)N(C)C)c5ccccc5n4)C3)oc12. The lowest BCUT2D eigenvalue weighted by Crippen LogP contribution is -2.38. The zero-order valence-electron chi connectivity index (χ0n) is 19.1. The van der Waals surface area contributed by atoms with E-state index >= 15 is 0 Å². The van der Waals surface area contributed by atoms with Crippen LogP contribution in [0.3, 0.4) is 0 Å². The summed E-state index contributed by atoms with van der Waals surface area (Å²) in [5, 5.41) is 1.88. The molecule has 1 aliphatic heterocycles. The highest BCUT2D eigenvalue weighted by Crippen LogP contribution is 2.31. The third-order valence-corrected chi connectivity index (χ3v) is 6.01. The van der Waals surface area contributed by atoms with Crippen molar-refractivity contribution in [2.75, 3.05) is 40.9 Å². The monoisotopic (exact) mass is 445 g/mol. The number of pyridine rings is 1. The number of aromatic nitrogens is 1. The molecule has 0 spiro atoms. The minimum Gasteiger partial charge on any atom is -0.493 e. The molecular formula is C26H27N3O4. The van der Waals surface area contributed by atoms with Crippen molar-refractivity contribution < 1.29 is 18.7 Å². The fraction of sp³-hybridized carbons (Fsp3) is 0.308. The number of hydrogen-bond acceptors (Lipinski definition) is 6. The fourth-order valence-electron chi connectivity index (χ4n) is 4.35. The predicted molar refractivity (Wildman–Crippen MR) is 126 cm³/mol. The predicted octanol–water partition coefficient (Wildman–Crippen LogP) is 4.26. The Hall–Kier alpha value is -3.42. The average molecular weight is 446 g/mol. The van der Waals surface area contributed by atoms with Crippen molar-refractivity contribution in [2.24, 2.45) is 0 Å². The van der Waals surface area contributed by atoms with E-state index in [9.17, 15) is 4.79 Å². The van der Waals surface area contributed by atoms with E-state index in [2.05, 4.69) is 11.0 Å². The quantitative estimate of drug-likeness (QED) is 0.457. The Morgan fingerprint density at radius 3 is 2.85 bits per heavy atom. The summed E-state index contributed by atoms with van der Waals surface area (Å²) >= 11 is 0. The summed E-state index contributed by atoms with van der Waals surface area (Å²) in [6, 6.07) is 17.6. The minimum absolute atomic E-state index is 0.0428. The summed E-state index contributed by atoms with van der Waals surface area (Å²) in [4.78, 5) is 21.6. The average Bonchev–Trinajstić information content (AvgIpc) is 3.25. The molecule has 3 heterocycles. The second kappa shape index (κ2) is 8.84. The van der Waals surface area contributed by atoms with Gasteiger partial charge in [-0.3, -0.25) is 9.69 Å². The van der Waals surface area contributed by atoms with E-state index in [4.69, 9.17) is 18.9 Å². The van der Waals surface area contributed by atoms with E-state index in [0.717, 1.165) is 45.6 Å². The number of nitrogens with zero attached hydrogens (tertiary/aromatic N) is 3. The minimum atomic E-state index is -0.226. The zero-order chi connectivity index (χ0) is 22.9. The van der Waals surface area contributed by atoms with E-state index in [-0.39, 0.29) is 12.0 Å². The van der Waals surface area contributed by atoms with Crippen molar-refractivity contribution in [3.8, 4) is 5.75 Å². The number of para-hydroxylation sites is 2. The normalized spacial score (nSPS) is 16.9. The number of carbonyl (C=O) groups is 1. The van der Waals surface area contributed by atoms with Crippen LogP contribution in [0.1, 0.15) is 27.9 Å². The maximum absolute atomic E-state index is 12.9. The summed E-state index contributed by atoms with van der Waals surface area (Å²) in [7, 11) is 5.17. The Morgan fingerprint density at radius 2 is 2.03 bits per heavy atom. The van der Waals surface area contributed by atoms with Crippen LogP contribution in [0.15, 0.2) is 59.0 Å². The number of rotatable bonds is 5. The Bertz CT molecular complexity index is 1310. The molecule has 1 atom stereocenters. The first-order valence-corrected chi connectivity index (χ1v) is 11.0. The molecule has 1 aliphatic rings. The molecule has 170 valence electrons. The summed E-state index contributed by atoms with van der Waals surface area (Å²) in [6.07, 6.45) is -0.226. The number of ether oxygens (including phenoxy) is 2. The van der Waals surface area contributed by atoms with Gasteiger partial charge < -0.3 is 18.8 Å². The number of carbonyl (C=O) groups excluding carboxylic acids is 1. The molecule has 0 N–H and O–H groups in total. The van der Waals surface area contributed by atoms with Crippen molar-refractivity contribution >= 4 is 27.8 Å². The second-order valence-corrected chi connectivity index (χ2v) is 8.50. The fourth-order valence-corrected chi connectivity index (χ4v) is 4.35. The topological polar surface area (TPSA) is 68.0 Å². The molecule has 1 fully saturated rings. The first-order valence-electron chi connectivity index (χ1n) is 11.0. The third-order valence-electron chi connectivity index (χ3n) is 6.01. The van der Waals surface area contributed by atoms with Gasteiger partial charge in [-0.2, -0.15) is 0 Å². The van der Waals surface area contributed by atoms with Gasteiger partial charge in [0.15, 0.2) is 11.3 Å². The lowest BCUT2D eigenvalue weighted by Gasteiger charge is -2.32. The van der Waals surface area contributed by atoms with Crippen LogP contribution in [-0.2, 0) is 11.3 Å². The van der Waals surface area contributed by atoms with E-state index < -0.39 is 0 Å². The molecule has 2 aromatic carbocycles. The number of methoxy groups -OCH3 is 1. The molecule has 0 radical (unpaired) electrons. The zero-order valence-corrected chi connectivity index (χ0v) is 19.1. The van der Waals surface area contributed by atoms with Crippen molar-refractivity contribution in [3.63, 3.8) is 0 Å². The first-order chi connectivity index (χ1) is 16.0. The van der Waals surface area contributed by atoms with Crippen LogP contribution >= 0.6 is 0 Å². The van der Waals surface area contributed by atoms with Gasteiger partial charge in [0.1, 0.15) is 11.9 Å². The highest BCUT2D eigenvalue weighted by molar-refractivity contribution is 6.06. The van der Waals surface area contributed by atoms with Crippen molar-refractivity contribution in [1.29, 1.82) is 0 Å². The number of hydrogen-bond donors (Lipinski definition) is 0. The molecule has 7 heteroatoms. The van der Waals surface area contributed by atoms with Crippen molar-refractivity contribution in [1.82, 2.24) is 14.8 Å². The van der Waals surface area contributed by atoms with E-state index in [1.165, 1.54) is 0 Å². The number of fused-ring (bicyclic) bond motifs is 2. The lowest BCUT2D eigenvalue weighted by atomic mass is 10.0. The van der Waals surface area contributed by atoms with Gasteiger partial charge in [0.05, 0.1) is 37.0 Å². The molecule has 4 aromatic rings.